The Hall–Kier alpha value is -3.08. The Balaban J connectivity index is 2.11. The van der Waals surface area contributed by atoms with Gasteiger partial charge >= 0.3 is 5.97 Å². The van der Waals surface area contributed by atoms with Crippen molar-refractivity contribution >= 4 is 34.5 Å². The fourth-order valence-electron chi connectivity index (χ4n) is 2.33. The van der Waals surface area contributed by atoms with Gasteiger partial charge in [-0.1, -0.05) is 30.3 Å². The molecule has 5 nitrogen and oxygen atoms in total. The van der Waals surface area contributed by atoms with Crippen LogP contribution >= 0.6 is 0 Å². The van der Waals surface area contributed by atoms with Crippen molar-refractivity contribution in [1.29, 1.82) is 0 Å². The fraction of sp³-hybridized carbons (Fsp3) is 0.0588. The summed E-state index contributed by atoms with van der Waals surface area (Å²) in [6.45, 7) is 0. The van der Waals surface area contributed by atoms with E-state index in [-0.39, 0.29) is 5.57 Å². The van der Waals surface area contributed by atoms with Crippen molar-refractivity contribution in [3.8, 4) is 0 Å². The van der Waals surface area contributed by atoms with Gasteiger partial charge in [0.05, 0.1) is 5.57 Å². The molecule has 2 aromatic heterocycles. The smallest absolute Gasteiger partial charge is 0.336 e. The van der Waals surface area contributed by atoms with E-state index >= 15 is 0 Å². The Morgan fingerprint density at radius 1 is 1.23 bits per heavy atom. The van der Waals surface area contributed by atoms with Gasteiger partial charge in [0, 0.05) is 24.2 Å². The molecule has 5 heteroatoms. The number of aromatic nitrogens is 2. The van der Waals surface area contributed by atoms with Gasteiger partial charge in [0.1, 0.15) is 11.5 Å². The van der Waals surface area contributed by atoms with Gasteiger partial charge in [0.25, 0.3) is 0 Å². The molecule has 0 saturated heterocycles. The van der Waals surface area contributed by atoms with Crippen LogP contribution in [-0.4, -0.2) is 28.1 Å². The monoisotopic (exact) mass is 293 g/mol. The number of rotatable bonds is 4. The molecule has 2 heterocycles. The fourth-order valence-corrected chi connectivity index (χ4v) is 2.33. The molecule has 22 heavy (non-hydrogen) atoms. The zero-order chi connectivity index (χ0) is 15.5. The third-order valence-electron chi connectivity index (χ3n) is 3.44. The summed E-state index contributed by atoms with van der Waals surface area (Å²) in [4.78, 5) is 19.0. The van der Waals surface area contributed by atoms with Gasteiger partial charge in [-0.05, 0) is 23.8 Å². The number of carboxylic acid groups (broad SMARTS) is 1. The Labute approximate surface area is 127 Å². The van der Waals surface area contributed by atoms with Crippen LogP contribution in [0.3, 0.4) is 0 Å². The first-order valence-electron chi connectivity index (χ1n) is 6.85. The molecule has 0 aliphatic carbocycles. The van der Waals surface area contributed by atoms with E-state index in [0.717, 1.165) is 22.4 Å². The number of aromatic amines is 1. The highest BCUT2D eigenvalue weighted by atomic mass is 16.4. The van der Waals surface area contributed by atoms with E-state index in [1.807, 2.05) is 30.3 Å². The zero-order valence-corrected chi connectivity index (χ0v) is 12.0. The summed E-state index contributed by atoms with van der Waals surface area (Å²) in [6.07, 6.45) is 3.43. The van der Waals surface area contributed by atoms with E-state index in [2.05, 4.69) is 15.3 Å². The number of benzene rings is 1. The zero-order valence-electron chi connectivity index (χ0n) is 12.0. The molecule has 3 rings (SSSR count). The van der Waals surface area contributed by atoms with E-state index in [4.69, 9.17) is 0 Å². The Morgan fingerprint density at radius 3 is 2.68 bits per heavy atom. The maximum Gasteiger partial charge on any atom is 0.336 e. The highest BCUT2D eigenvalue weighted by Gasteiger charge is 2.12. The van der Waals surface area contributed by atoms with Crippen LogP contribution in [-0.2, 0) is 4.79 Å². The number of carbonyl (C=O) groups is 1. The molecule has 0 fully saturated rings. The SMILES string of the molecule is CNc1ccc2c(/C=C(/C(=O)O)c3ccccc3)c[nH]c2n1. The lowest BCUT2D eigenvalue weighted by atomic mass is 10.0. The number of hydrogen-bond donors (Lipinski definition) is 3. The average molecular weight is 293 g/mol. The van der Waals surface area contributed by atoms with Crippen molar-refractivity contribution in [3.05, 3.63) is 59.8 Å². The summed E-state index contributed by atoms with van der Waals surface area (Å²) in [5.74, 6) is -0.202. The number of nitrogens with zero attached hydrogens (tertiary/aromatic N) is 1. The molecule has 0 radical (unpaired) electrons. The lowest BCUT2D eigenvalue weighted by Gasteiger charge is -2.02. The van der Waals surface area contributed by atoms with Gasteiger partial charge in [-0.25, -0.2) is 9.78 Å². The predicted octanol–water partition coefficient (Wildman–Crippen LogP) is 3.23. The van der Waals surface area contributed by atoms with E-state index < -0.39 is 5.97 Å². The summed E-state index contributed by atoms with van der Waals surface area (Å²) in [5.41, 5.74) is 2.44. The highest BCUT2D eigenvalue weighted by molar-refractivity contribution is 6.21. The lowest BCUT2D eigenvalue weighted by Crippen LogP contribution is -1.99. The Kier molecular flexibility index (Phi) is 3.62. The van der Waals surface area contributed by atoms with Crippen molar-refractivity contribution in [3.63, 3.8) is 0 Å². The quantitative estimate of drug-likeness (QED) is 0.645. The Morgan fingerprint density at radius 2 is 2.00 bits per heavy atom. The third kappa shape index (κ3) is 2.56. The molecule has 0 saturated carbocycles. The minimum Gasteiger partial charge on any atom is -0.478 e. The maximum absolute atomic E-state index is 11.6. The second-order valence-corrected chi connectivity index (χ2v) is 4.82. The van der Waals surface area contributed by atoms with Gasteiger partial charge < -0.3 is 15.4 Å². The number of hydrogen-bond acceptors (Lipinski definition) is 3. The van der Waals surface area contributed by atoms with Crippen molar-refractivity contribution in [2.24, 2.45) is 0 Å². The topological polar surface area (TPSA) is 78.0 Å². The summed E-state index contributed by atoms with van der Waals surface area (Å²) < 4.78 is 0. The van der Waals surface area contributed by atoms with Gasteiger partial charge in [-0.15, -0.1) is 0 Å². The highest BCUT2D eigenvalue weighted by Crippen LogP contribution is 2.24. The summed E-state index contributed by atoms with van der Waals surface area (Å²) in [5, 5.41) is 13.3. The first-order chi connectivity index (χ1) is 10.7. The molecule has 3 N–H and O–H groups in total. The van der Waals surface area contributed by atoms with E-state index in [0.29, 0.717) is 5.56 Å². The minimum absolute atomic E-state index is 0.249. The normalized spacial score (nSPS) is 11.6. The van der Waals surface area contributed by atoms with Gasteiger partial charge in [-0.3, -0.25) is 0 Å². The third-order valence-corrected chi connectivity index (χ3v) is 3.44. The van der Waals surface area contributed by atoms with Crippen molar-refractivity contribution in [1.82, 2.24) is 9.97 Å². The Bertz CT molecular complexity index is 851. The first kappa shape index (κ1) is 13.9. The van der Waals surface area contributed by atoms with Gasteiger partial charge in [0.2, 0.25) is 0 Å². The molecule has 0 bridgehead atoms. The van der Waals surface area contributed by atoms with Gasteiger partial charge in [0.15, 0.2) is 0 Å². The molecule has 0 spiro atoms. The number of pyridine rings is 1. The molecule has 3 aromatic rings. The standard InChI is InChI=1S/C17H15N3O2/c1-18-15-8-7-13-12(10-19-16(13)20-15)9-14(17(21)22)11-5-3-2-4-6-11/h2-10H,1H3,(H,21,22)(H2,18,19,20)/b14-9+. The lowest BCUT2D eigenvalue weighted by molar-refractivity contribution is -0.130. The molecular weight excluding hydrogens is 278 g/mol. The molecule has 0 atom stereocenters. The van der Waals surface area contributed by atoms with Crippen LogP contribution in [0.2, 0.25) is 0 Å². The number of aliphatic carboxylic acids is 1. The molecule has 0 unspecified atom stereocenters. The van der Waals surface area contributed by atoms with Crippen LogP contribution in [0.1, 0.15) is 11.1 Å². The largest absolute Gasteiger partial charge is 0.478 e. The predicted molar refractivity (Wildman–Crippen MR) is 87.6 cm³/mol. The van der Waals surface area contributed by atoms with Crippen molar-refractivity contribution in [2.45, 2.75) is 0 Å². The van der Waals surface area contributed by atoms with Crippen LogP contribution in [0, 0.1) is 0 Å². The number of H-pyrrole nitrogens is 1. The van der Waals surface area contributed by atoms with Crippen LogP contribution < -0.4 is 5.32 Å². The first-order valence-corrected chi connectivity index (χ1v) is 6.85. The maximum atomic E-state index is 11.6. The van der Waals surface area contributed by atoms with E-state index in [9.17, 15) is 9.90 Å². The van der Waals surface area contributed by atoms with Crippen molar-refractivity contribution in [2.75, 3.05) is 12.4 Å². The number of nitrogens with one attached hydrogen (secondary N) is 2. The van der Waals surface area contributed by atoms with Crippen LogP contribution in [0.25, 0.3) is 22.7 Å². The van der Waals surface area contributed by atoms with Crippen molar-refractivity contribution < 1.29 is 9.90 Å². The molecule has 110 valence electrons. The molecular formula is C17H15N3O2. The number of carboxylic acids is 1. The van der Waals surface area contributed by atoms with Crippen LogP contribution in [0.5, 0.6) is 0 Å². The second kappa shape index (κ2) is 5.73. The van der Waals surface area contributed by atoms with Crippen LogP contribution in [0.4, 0.5) is 5.82 Å². The average Bonchev–Trinajstić information content (AvgIpc) is 2.95. The van der Waals surface area contributed by atoms with Gasteiger partial charge in [-0.2, -0.15) is 0 Å². The van der Waals surface area contributed by atoms with E-state index in [1.165, 1.54) is 0 Å². The second-order valence-electron chi connectivity index (χ2n) is 4.82. The van der Waals surface area contributed by atoms with Crippen LogP contribution in [0.15, 0.2) is 48.7 Å². The molecule has 0 aliphatic rings. The summed E-state index contributed by atoms with van der Waals surface area (Å²) in [7, 11) is 1.80. The number of anilines is 1. The molecule has 1 aromatic carbocycles. The molecule has 0 aliphatic heterocycles. The minimum atomic E-state index is -0.958. The number of fused-ring (bicyclic) bond motifs is 1. The molecule has 0 amide bonds. The van der Waals surface area contributed by atoms with E-state index in [1.54, 1.807) is 31.5 Å². The summed E-state index contributed by atoms with van der Waals surface area (Å²) in [6, 6.07) is 12.8. The summed E-state index contributed by atoms with van der Waals surface area (Å²) >= 11 is 0.